The van der Waals surface area contributed by atoms with Crippen molar-refractivity contribution in [2.75, 3.05) is 0 Å². The van der Waals surface area contributed by atoms with E-state index in [1.54, 1.807) is 0 Å². The van der Waals surface area contributed by atoms with Crippen molar-refractivity contribution < 1.29 is 6.48 Å². The third kappa shape index (κ3) is 1.58. The standard InChI is InChI=1S/C13H14O/c1-2-5-12-8-10-6-3-4-7-11(10)9-13(12)14/h3-4,6-9,14H,2,5H2,1H3/i9D. The van der Waals surface area contributed by atoms with E-state index in [1.807, 2.05) is 30.3 Å². The van der Waals surface area contributed by atoms with Gasteiger partial charge in [-0.05, 0) is 34.9 Å². The summed E-state index contributed by atoms with van der Waals surface area (Å²) in [4.78, 5) is 0. The lowest BCUT2D eigenvalue weighted by atomic mass is 10.0. The van der Waals surface area contributed by atoms with Crippen molar-refractivity contribution in [3.05, 3.63) is 41.9 Å². The molecule has 0 aliphatic carbocycles. The summed E-state index contributed by atoms with van der Waals surface area (Å²) in [6.45, 7) is 2.07. The Morgan fingerprint density at radius 2 is 2.00 bits per heavy atom. The monoisotopic (exact) mass is 187 g/mol. The second kappa shape index (κ2) is 3.70. The highest BCUT2D eigenvalue weighted by Crippen LogP contribution is 2.25. The molecule has 0 saturated carbocycles. The summed E-state index contributed by atoms with van der Waals surface area (Å²) < 4.78 is 7.86. The summed E-state index contributed by atoms with van der Waals surface area (Å²) in [5, 5.41) is 11.7. The van der Waals surface area contributed by atoms with Crippen molar-refractivity contribution in [1.82, 2.24) is 0 Å². The number of fused-ring (bicyclic) bond motifs is 1. The van der Waals surface area contributed by atoms with Crippen LogP contribution >= 0.6 is 0 Å². The van der Waals surface area contributed by atoms with Crippen molar-refractivity contribution in [1.29, 1.82) is 0 Å². The van der Waals surface area contributed by atoms with Crippen LogP contribution in [0.5, 0.6) is 5.75 Å². The Hall–Kier alpha value is -1.50. The average Bonchev–Trinajstić information content (AvgIpc) is 2.26. The number of hydrogen-bond acceptors (Lipinski definition) is 1. The van der Waals surface area contributed by atoms with Gasteiger partial charge < -0.3 is 5.11 Å². The van der Waals surface area contributed by atoms with Crippen LogP contribution in [0.3, 0.4) is 0 Å². The van der Waals surface area contributed by atoms with Gasteiger partial charge in [0.1, 0.15) is 5.75 Å². The van der Waals surface area contributed by atoms with Gasteiger partial charge in [0.15, 0.2) is 0 Å². The highest BCUT2D eigenvalue weighted by Gasteiger charge is 2.01. The molecule has 2 aromatic carbocycles. The molecule has 0 aromatic heterocycles. The maximum absolute atomic E-state index is 9.84. The molecule has 0 radical (unpaired) electrons. The van der Waals surface area contributed by atoms with Crippen molar-refractivity contribution in [3.63, 3.8) is 0 Å². The first-order valence-corrected chi connectivity index (χ1v) is 4.94. The van der Waals surface area contributed by atoms with Crippen molar-refractivity contribution in [3.8, 4) is 5.75 Å². The Morgan fingerprint density at radius 3 is 2.71 bits per heavy atom. The number of aryl methyl sites for hydroxylation is 1. The van der Waals surface area contributed by atoms with E-state index in [4.69, 9.17) is 1.37 Å². The number of rotatable bonds is 2. The van der Waals surface area contributed by atoms with Crippen LogP contribution in [0.2, 0.25) is 0 Å². The largest absolute Gasteiger partial charge is 0.508 e. The molecule has 0 unspecified atom stereocenters. The Morgan fingerprint density at radius 1 is 1.29 bits per heavy atom. The van der Waals surface area contributed by atoms with E-state index in [0.29, 0.717) is 0 Å². The van der Waals surface area contributed by atoms with Crippen LogP contribution in [-0.4, -0.2) is 5.11 Å². The summed E-state index contributed by atoms with van der Waals surface area (Å²) in [6, 6.07) is 9.91. The van der Waals surface area contributed by atoms with Gasteiger partial charge in [0.25, 0.3) is 0 Å². The van der Waals surface area contributed by atoms with Crippen LogP contribution in [0.1, 0.15) is 20.3 Å². The van der Waals surface area contributed by atoms with Gasteiger partial charge in [-0.15, -0.1) is 0 Å². The first kappa shape index (κ1) is 7.86. The van der Waals surface area contributed by atoms with Crippen LogP contribution < -0.4 is 0 Å². The van der Waals surface area contributed by atoms with Gasteiger partial charge in [0, 0.05) is 0 Å². The molecule has 72 valence electrons. The maximum Gasteiger partial charge on any atom is 0.119 e. The highest BCUT2D eigenvalue weighted by molar-refractivity contribution is 5.84. The van der Waals surface area contributed by atoms with E-state index in [1.165, 1.54) is 0 Å². The molecule has 0 aliphatic heterocycles. The fourth-order valence-electron chi connectivity index (χ4n) is 1.66. The van der Waals surface area contributed by atoms with E-state index < -0.39 is 0 Å². The predicted molar refractivity (Wildman–Crippen MR) is 59.6 cm³/mol. The van der Waals surface area contributed by atoms with E-state index in [9.17, 15) is 5.11 Å². The van der Waals surface area contributed by atoms with Gasteiger partial charge in [0.2, 0.25) is 0 Å². The first-order valence-electron chi connectivity index (χ1n) is 5.44. The second-order valence-electron chi connectivity index (χ2n) is 3.48. The topological polar surface area (TPSA) is 20.2 Å². The fraction of sp³-hybridized carbons (Fsp3) is 0.231. The maximum atomic E-state index is 9.84. The number of phenolic OH excluding ortho intramolecular Hbond substituents is 1. The lowest BCUT2D eigenvalue weighted by Crippen LogP contribution is -1.84. The van der Waals surface area contributed by atoms with Crippen LogP contribution in [0, 0.1) is 0 Å². The molecule has 0 saturated heterocycles. The summed E-state index contributed by atoms with van der Waals surface area (Å²) in [5.41, 5.74) is 0.876. The molecular formula is C13H14O. The zero-order chi connectivity index (χ0) is 10.8. The Kier molecular flexibility index (Phi) is 2.08. The minimum atomic E-state index is 0.135. The molecule has 1 heteroatoms. The molecule has 0 atom stereocenters. The van der Waals surface area contributed by atoms with E-state index in [0.717, 1.165) is 29.2 Å². The normalized spacial score (nSPS) is 11.6. The second-order valence-corrected chi connectivity index (χ2v) is 3.48. The molecule has 0 heterocycles. The molecule has 2 rings (SSSR count). The van der Waals surface area contributed by atoms with Gasteiger partial charge in [-0.2, -0.15) is 0 Å². The van der Waals surface area contributed by atoms with Crippen LogP contribution in [-0.2, 0) is 6.42 Å². The van der Waals surface area contributed by atoms with E-state index in [2.05, 4.69) is 6.92 Å². The van der Waals surface area contributed by atoms with E-state index in [-0.39, 0.29) is 11.8 Å². The van der Waals surface area contributed by atoms with Gasteiger partial charge in [0.05, 0.1) is 1.37 Å². The molecule has 1 nitrogen and oxygen atoms in total. The molecule has 0 fully saturated rings. The molecule has 0 amide bonds. The third-order valence-corrected chi connectivity index (χ3v) is 2.37. The minimum Gasteiger partial charge on any atom is -0.508 e. The molecule has 1 N–H and O–H groups in total. The third-order valence-electron chi connectivity index (χ3n) is 2.37. The van der Waals surface area contributed by atoms with Crippen LogP contribution in [0.15, 0.2) is 36.4 Å². The summed E-state index contributed by atoms with van der Waals surface area (Å²) in [6.07, 6.45) is 1.80. The first-order chi connectivity index (χ1) is 7.24. The molecule has 14 heavy (non-hydrogen) atoms. The minimum absolute atomic E-state index is 0.135. The van der Waals surface area contributed by atoms with Crippen molar-refractivity contribution >= 4 is 10.8 Å². The van der Waals surface area contributed by atoms with Gasteiger partial charge in [-0.3, -0.25) is 0 Å². The summed E-state index contributed by atoms with van der Waals surface area (Å²) in [5.74, 6) is 0.135. The van der Waals surface area contributed by atoms with Crippen LogP contribution in [0.25, 0.3) is 10.8 Å². The molecule has 0 aliphatic rings. The van der Waals surface area contributed by atoms with Crippen molar-refractivity contribution in [2.24, 2.45) is 0 Å². The van der Waals surface area contributed by atoms with Gasteiger partial charge in [-0.1, -0.05) is 37.6 Å². The smallest absolute Gasteiger partial charge is 0.119 e. The summed E-state index contributed by atoms with van der Waals surface area (Å²) >= 11 is 0. The molecule has 2 aromatic rings. The predicted octanol–water partition coefficient (Wildman–Crippen LogP) is 3.50. The molecule has 0 bridgehead atoms. The molecular weight excluding hydrogens is 172 g/mol. The molecule has 0 spiro atoms. The lowest BCUT2D eigenvalue weighted by Gasteiger charge is -2.05. The Labute approximate surface area is 85.4 Å². The van der Waals surface area contributed by atoms with Gasteiger partial charge in [-0.25, -0.2) is 0 Å². The zero-order valence-electron chi connectivity index (χ0n) is 9.25. The summed E-state index contributed by atoms with van der Waals surface area (Å²) in [7, 11) is 0. The number of hydrogen-bond donors (Lipinski definition) is 1. The fourth-order valence-corrected chi connectivity index (χ4v) is 1.66. The number of phenols is 1. The SMILES string of the molecule is [2H]c1c(O)c(CCC)cc2ccccc12. The van der Waals surface area contributed by atoms with Gasteiger partial charge >= 0.3 is 0 Å². The lowest BCUT2D eigenvalue weighted by molar-refractivity contribution is 0.468. The van der Waals surface area contributed by atoms with Crippen molar-refractivity contribution in [2.45, 2.75) is 19.8 Å². The number of aromatic hydroxyl groups is 1. The Balaban J connectivity index is 2.71. The van der Waals surface area contributed by atoms with Crippen LogP contribution in [0.4, 0.5) is 0 Å². The Bertz CT molecular complexity index is 491. The number of benzene rings is 2. The highest BCUT2D eigenvalue weighted by atomic mass is 16.3. The van der Waals surface area contributed by atoms with E-state index >= 15 is 0 Å². The zero-order valence-corrected chi connectivity index (χ0v) is 8.25. The average molecular weight is 187 g/mol. The quantitative estimate of drug-likeness (QED) is 0.763.